The molecule has 0 bridgehead atoms. The van der Waals surface area contributed by atoms with Gasteiger partial charge >= 0.3 is 5.97 Å². The number of rotatable bonds is 7. The molecule has 1 aromatic heterocycles. The van der Waals surface area contributed by atoms with E-state index in [4.69, 9.17) is 4.74 Å². The molecule has 0 saturated heterocycles. The summed E-state index contributed by atoms with van der Waals surface area (Å²) < 4.78 is 5.21. The minimum absolute atomic E-state index is 0.140. The molecule has 1 aromatic carbocycles. The zero-order chi connectivity index (χ0) is 16.4. The van der Waals surface area contributed by atoms with E-state index >= 15 is 0 Å². The third kappa shape index (κ3) is 3.64. The Morgan fingerprint density at radius 1 is 1.43 bits per heavy atom. The number of amides is 1. The highest BCUT2D eigenvalue weighted by atomic mass is 16.5. The number of hydrogen-bond acceptors (Lipinski definition) is 3. The van der Waals surface area contributed by atoms with Crippen LogP contribution in [0, 0.1) is 5.92 Å². The summed E-state index contributed by atoms with van der Waals surface area (Å²) in [4.78, 5) is 26.6. The van der Waals surface area contributed by atoms with Crippen molar-refractivity contribution in [2.75, 3.05) is 7.11 Å². The summed E-state index contributed by atoms with van der Waals surface area (Å²) in [5, 5.41) is 12.8. The van der Waals surface area contributed by atoms with Crippen LogP contribution in [0.1, 0.15) is 24.8 Å². The second-order valence-electron chi connectivity index (χ2n) is 6.04. The van der Waals surface area contributed by atoms with Crippen LogP contribution in [-0.2, 0) is 16.0 Å². The van der Waals surface area contributed by atoms with Crippen molar-refractivity contribution in [3.05, 3.63) is 30.0 Å². The Balaban J connectivity index is 1.70. The van der Waals surface area contributed by atoms with Gasteiger partial charge in [0.05, 0.1) is 13.5 Å². The first-order chi connectivity index (χ1) is 11.1. The summed E-state index contributed by atoms with van der Waals surface area (Å²) in [6, 6.07) is 4.81. The van der Waals surface area contributed by atoms with Crippen molar-refractivity contribution in [3.8, 4) is 5.75 Å². The molecule has 1 saturated carbocycles. The number of nitrogens with one attached hydrogen (secondary N) is 2. The first-order valence-electron chi connectivity index (χ1n) is 7.73. The summed E-state index contributed by atoms with van der Waals surface area (Å²) in [5.41, 5.74) is 1.74. The molecule has 2 aromatic rings. The number of aromatic amines is 1. The Bertz CT molecular complexity index is 733. The highest BCUT2D eigenvalue weighted by Gasteiger charge is 2.30. The molecule has 1 heterocycles. The van der Waals surface area contributed by atoms with Crippen molar-refractivity contribution in [2.45, 2.75) is 31.7 Å². The molecule has 3 N–H and O–H groups in total. The predicted octanol–water partition coefficient (Wildman–Crippen LogP) is 2.09. The molecule has 1 aliphatic carbocycles. The van der Waals surface area contributed by atoms with Crippen LogP contribution in [0.2, 0.25) is 0 Å². The smallest absolute Gasteiger partial charge is 0.326 e. The Labute approximate surface area is 133 Å². The summed E-state index contributed by atoms with van der Waals surface area (Å²) in [7, 11) is 1.59. The maximum absolute atomic E-state index is 12.2. The number of H-pyrrole nitrogens is 1. The number of aromatic nitrogens is 1. The lowest BCUT2D eigenvalue weighted by Crippen LogP contribution is -2.41. The van der Waals surface area contributed by atoms with E-state index < -0.39 is 12.0 Å². The number of fused-ring (bicyclic) bond motifs is 1. The number of methoxy groups -OCH3 is 1. The number of carbonyl (C=O) groups is 2. The Hall–Kier alpha value is -2.50. The molecular weight excluding hydrogens is 296 g/mol. The van der Waals surface area contributed by atoms with Gasteiger partial charge in [-0.3, -0.25) is 4.79 Å². The second kappa shape index (κ2) is 6.32. The maximum atomic E-state index is 12.2. The highest BCUT2D eigenvalue weighted by Crippen LogP contribution is 2.33. The van der Waals surface area contributed by atoms with Gasteiger partial charge in [0.25, 0.3) is 0 Å². The number of carboxylic acid groups (broad SMARTS) is 1. The van der Waals surface area contributed by atoms with E-state index in [9.17, 15) is 14.7 Å². The van der Waals surface area contributed by atoms with E-state index in [1.165, 1.54) is 0 Å². The standard InChI is InChI=1S/C17H20N2O4/c1-23-12-4-5-14-13(8-12)11(9-18-14)7-16(20)19-15(17(21)22)6-10-2-3-10/h4-5,8-10,15,18H,2-3,6-7H2,1H3,(H,19,20)(H,21,22). The van der Waals surface area contributed by atoms with Crippen molar-refractivity contribution < 1.29 is 19.4 Å². The maximum Gasteiger partial charge on any atom is 0.326 e. The second-order valence-corrected chi connectivity index (χ2v) is 6.04. The molecule has 0 aliphatic heterocycles. The van der Waals surface area contributed by atoms with Crippen LogP contribution in [-0.4, -0.2) is 35.1 Å². The van der Waals surface area contributed by atoms with Crippen molar-refractivity contribution in [1.82, 2.24) is 10.3 Å². The molecule has 1 amide bonds. The monoisotopic (exact) mass is 316 g/mol. The lowest BCUT2D eigenvalue weighted by Gasteiger charge is -2.13. The third-order valence-corrected chi connectivity index (χ3v) is 4.22. The lowest BCUT2D eigenvalue weighted by molar-refractivity contribution is -0.142. The van der Waals surface area contributed by atoms with Crippen LogP contribution < -0.4 is 10.1 Å². The van der Waals surface area contributed by atoms with Crippen molar-refractivity contribution in [2.24, 2.45) is 5.92 Å². The van der Waals surface area contributed by atoms with Gasteiger partial charge in [-0.05, 0) is 36.1 Å². The highest BCUT2D eigenvalue weighted by molar-refractivity contribution is 5.91. The first-order valence-corrected chi connectivity index (χ1v) is 7.73. The zero-order valence-electron chi connectivity index (χ0n) is 13.0. The van der Waals surface area contributed by atoms with Gasteiger partial charge in [-0.25, -0.2) is 4.79 Å². The average molecular weight is 316 g/mol. The van der Waals surface area contributed by atoms with Crippen LogP contribution in [0.3, 0.4) is 0 Å². The van der Waals surface area contributed by atoms with Crippen molar-refractivity contribution in [1.29, 1.82) is 0 Å². The molecule has 3 rings (SSSR count). The summed E-state index contributed by atoms with van der Waals surface area (Å²) in [6.07, 6.45) is 4.55. The Kier molecular flexibility index (Phi) is 4.23. The number of hydrogen-bond donors (Lipinski definition) is 3. The van der Waals surface area contributed by atoms with Gasteiger partial charge in [0.1, 0.15) is 11.8 Å². The number of ether oxygens (including phenoxy) is 1. The fraction of sp³-hybridized carbons (Fsp3) is 0.412. The van der Waals surface area contributed by atoms with E-state index in [-0.39, 0.29) is 12.3 Å². The Morgan fingerprint density at radius 2 is 2.22 bits per heavy atom. The molecule has 1 atom stereocenters. The first kappa shape index (κ1) is 15.4. The normalized spacial score (nSPS) is 15.3. The zero-order valence-corrected chi connectivity index (χ0v) is 13.0. The minimum atomic E-state index is -0.967. The molecule has 1 aliphatic rings. The van der Waals surface area contributed by atoms with Gasteiger partial charge in [0.15, 0.2) is 0 Å². The van der Waals surface area contributed by atoms with Crippen LogP contribution in [0.5, 0.6) is 5.75 Å². The van der Waals surface area contributed by atoms with Crippen molar-refractivity contribution >= 4 is 22.8 Å². The number of carboxylic acids is 1. The van der Waals surface area contributed by atoms with Crippen molar-refractivity contribution in [3.63, 3.8) is 0 Å². The Morgan fingerprint density at radius 3 is 2.87 bits per heavy atom. The average Bonchev–Trinajstić information content (AvgIpc) is 3.27. The largest absolute Gasteiger partial charge is 0.497 e. The molecule has 1 fully saturated rings. The van der Waals surface area contributed by atoms with Gasteiger partial charge < -0.3 is 20.1 Å². The molecule has 0 radical (unpaired) electrons. The van der Waals surface area contributed by atoms with Gasteiger partial charge in [-0.2, -0.15) is 0 Å². The molecule has 1 unspecified atom stereocenters. The quantitative estimate of drug-likeness (QED) is 0.729. The topological polar surface area (TPSA) is 91.4 Å². The van der Waals surface area contributed by atoms with Crippen LogP contribution >= 0.6 is 0 Å². The minimum Gasteiger partial charge on any atom is -0.497 e. The van der Waals surface area contributed by atoms with Crippen LogP contribution in [0.25, 0.3) is 10.9 Å². The van der Waals surface area contributed by atoms with Crippen LogP contribution in [0.15, 0.2) is 24.4 Å². The van der Waals surface area contributed by atoms with E-state index in [0.717, 1.165) is 35.1 Å². The fourth-order valence-electron chi connectivity index (χ4n) is 2.76. The molecule has 0 spiro atoms. The lowest BCUT2D eigenvalue weighted by atomic mass is 10.1. The van der Waals surface area contributed by atoms with E-state index in [0.29, 0.717) is 12.3 Å². The van der Waals surface area contributed by atoms with E-state index in [2.05, 4.69) is 10.3 Å². The summed E-state index contributed by atoms with van der Waals surface area (Å²) in [5.74, 6) is -0.0859. The van der Waals surface area contributed by atoms with E-state index in [1.54, 1.807) is 13.3 Å². The third-order valence-electron chi connectivity index (χ3n) is 4.22. The molecule has 122 valence electrons. The molecule has 6 heteroatoms. The van der Waals surface area contributed by atoms with Gasteiger partial charge in [0.2, 0.25) is 5.91 Å². The molecule has 6 nitrogen and oxygen atoms in total. The number of aliphatic carboxylic acids is 1. The van der Waals surface area contributed by atoms with Gasteiger partial charge in [-0.1, -0.05) is 12.8 Å². The summed E-state index contributed by atoms with van der Waals surface area (Å²) >= 11 is 0. The SMILES string of the molecule is COc1ccc2[nH]cc(CC(=O)NC(CC3CC3)C(=O)O)c2c1. The molecule has 23 heavy (non-hydrogen) atoms. The van der Waals surface area contributed by atoms with E-state index in [1.807, 2.05) is 18.2 Å². The van der Waals surface area contributed by atoms with Gasteiger partial charge in [0, 0.05) is 17.1 Å². The van der Waals surface area contributed by atoms with Gasteiger partial charge in [-0.15, -0.1) is 0 Å². The number of benzene rings is 1. The van der Waals surface area contributed by atoms with Crippen LogP contribution in [0.4, 0.5) is 0 Å². The molecular formula is C17H20N2O4. The summed E-state index contributed by atoms with van der Waals surface area (Å²) in [6.45, 7) is 0. The predicted molar refractivity (Wildman–Crippen MR) is 85.5 cm³/mol. The number of carbonyl (C=O) groups excluding carboxylic acids is 1. The fourth-order valence-corrected chi connectivity index (χ4v) is 2.76.